The van der Waals surface area contributed by atoms with E-state index in [9.17, 15) is 18.0 Å². The zero-order valence-electron chi connectivity index (χ0n) is 14.1. The molecule has 27 heavy (non-hydrogen) atoms. The van der Waals surface area contributed by atoms with Crippen molar-refractivity contribution in [3.63, 3.8) is 0 Å². The van der Waals surface area contributed by atoms with Gasteiger partial charge in [-0.15, -0.1) is 0 Å². The molecule has 136 valence electrons. The van der Waals surface area contributed by atoms with Gasteiger partial charge in [0.15, 0.2) is 5.65 Å². The van der Waals surface area contributed by atoms with E-state index in [1.54, 1.807) is 31.5 Å². The quantitative estimate of drug-likeness (QED) is 0.578. The van der Waals surface area contributed by atoms with Gasteiger partial charge in [-0.25, -0.2) is 9.50 Å². The average Bonchev–Trinajstić information content (AvgIpc) is 2.98. The minimum absolute atomic E-state index is 0.319. The molecule has 1 aromatic carbocycles. The predicted molar refractivity (Wildman–Crippen MR) is 94.2 cm³/mol. The van der Waals surface area contributed by atoms with Crippen LogP contribution in [-0.2, 0) is 6.18 Å². The zero-order chi connectivity index (χ0) is 19.2. The second kappa shape index (κ2) is 6.08. The number of benzene rings is 1. The molecule has 3 heterocycles. The van der Waals surface area contributed by atoms with Crippen LogP contribution in [0.1, 0.15) is 11.3 Å². The number of aryl methyl sites for hydroxylation is 1. The lowest BCUT2D eigenvalue weighted by Gasteiger charge is -2.08. The van der Waals surface area contributed by atoms with Gasteiger partial charge < -0.3 is 0 Å². The van der Waals surface area contributed by atoms with E-state index in [1.165, 1.54) is 22.7 Å². The van der Waals surface area contributed by atoms with Crippen LogP contribution in [0.3, 0.4) is 0 Å². The summed E-state index contributed by atoms with van der Waals surface area (Å²) in [4.78, 5) is 21.0. The number of hydrogen-bond donors (Lipinski definition) is 1. The summed E-state index contributed by atoms with van der Waals surface area (Å²) >= 11 is 0. The zero-order valence-corrected chi connectivity index (χ0v) is 14.1. The lowest BCUT2D eigenvalue weighted by atomic mass is 10.0. The van der Waals surface area contributed by atoms with Crippen molar-refractivity contribution in [1.82, 2.24) is 19.6 Å². The monoisotopic (exact) mass is 370 g/mol. The fourth-order valence-electron chi connectivity index (χ4n) is 2.98. The molecule has 0 aliphatic rings. The number of fused-ring (bicyclic) bond motifs is 1. The fourth-order valence-corrected chi connectivity index (χ4v) is 2.98. The summed E-state index contributed by atoms with van der Waals surface area (Å²) in [6.07, 6.45) is -1.20. The summed E-state index contributed by atoms with van der Waals surface area (Å²) in [7, 11) is 0. The van der Waals surface area contributed by atoms with Crippen LogP contribution in [0.4, 0.5) is 13.2 Å². The van der Waals surface area contributed by atoms with Crippen LogP contribution in [0.15, 0.2) is 59.7 Å². The Kier molecular flexibility index (Phi) is 3.83. The number of pyridine rings is 1. The maximum Gasteiger partial charge on any atom is 0.416 e. The summed E-state index contributed by atoms with van der Waals surface area (Å²) in [5.74, 6) is 0. The molecule has 0 saturated carbocycles. The maximum absolute atomic E-state index is 12.8. The Morgan fingerprint density at radius 3 is 2.44 bits per heavy atom. The van der Waals surface area contributed by atoms with Gasteiger partial charge in [-0.1, -0.05) is 12.1 Å². The first kappa shape index (κ1) is 17.0. The van der Waals surface area contributed by atoms with Crippen molar-refractivity contribution in [3.8, 4) is 22.4 Å². The van der Waals surface area contributed by atoms with Crippen LogP contribution >= 0.6 is 0 Å². The standard InChI is InChI=1S/C19H13F3N4O/c1-11-17(12-4-6-14(7-5-12)19(20,21)22)18-24-15(9-16(27)26(18)25-11)13-3-2-8-23-10-13/h2-10,25H,1H3. The summed E-state index contributed by atoms with van der Waals surface area (Å²) < 4.78 is 39.7. The van der Waals surface area contributed by atoms with E-state index in [-0.39, 0.29) is 5.56 Å². The van der Waals surface area contributed by atoms with E-state index in [0.29, 0.717) is 33.7 Å². The molecule has 0 aliphatic carbocycles. The lowest BCUT2D eigenvalue weighted by molar-refractivity contribution is -0.137. The first-order valence-electron chi connectivity index (χ1n) is 8.05. The van der Waals surface area contributed by atoms with E-state index in [0.717, 1.165) is 12.1 Å². The molecule has 0 bridgehead atoms. The van der Waals surface area contributed by atoms with Crippen molar-refractivity contribution in [2.75, 3.05) is 0 Å². The molecule has 8 heteroatoms. The molecule has 1 N–H and O–H groups in total. The van der Waals surface area contributed by atoms with Crippen LogP contribution in [-0.4, -0.2) is 19.6 Å². The molecule has 4 aromatic rings. The molecule has 5 nitrogen and oxygen atoms in total. The van der Waals surface area contributed by atoms with Gasteiger partial charge in [-0.3, -0.25) is 14.9 Å². The summed E-state index contributed by atoms with van der Waals surface area (Å²) in [5.41, 5.74) is 2.15. The van der Waals surface area contributed by atoms with E-state index in [1.807, 2.05) is 0 Å². The molecule has 0 atom stereocenters. The topological polar surface area (TPSA) is 63.0 Å². The van der Waals surface area contributed by atoms with Gasteiger partial charge in [-0.05, 0) is 36.8 Å². The Bertz CT molecular complexity index is 1180. The molecular weight excluding hydrogens is 357 g/mol. The number of hydrogen-bond acceptors (Lipinski definition) is 3. The number of nitrogens with one attached hydrogen (secondary N) is 1. The molecule has 4 rings (SSSR count). The normalized spacial score (nSPS) is 11.9. The Balaban J connectivity index is 1.92. The highest BCUT2D eigenvalue weighted by Gasteiger charge is 2.30. The number of aromatic amines is 1. The lowest BCUT2D eigenvalue weighted by Crippen LogP contribution is -2.14. The Labute approximate surface area is 151 Å². The van der Waals surface area contributed by atoms with Crippen LogP contribution in [0.5, 0.6) is 0 Å². The molecule has 0 amide bonds. The third kappa shape index (κ3) is 2.99. The van der Waals surface area contributed by atoms with Crippen molar-refractivity contribution in [2.45, 2.75) is 13.1 Å². The summed E-state index contributed by atoms with van der Waals surface area (Å²) in [6.45, 7) is 1.74. The SMILES string of the molecule is Cc1[nH]n2c(=O)cc(-c3cccnc3)nc2c1-c1ccc(C(F)(F)F)cc1. The Morgan fingerprint density at radius 1 is 1.07 bits per heavy atom. The van der Waals surface area contributed by atoms with Crippen molar-refractivity contribution in [3.05, 3.63) is 76.5 Å². The van der Waals surface area contributed by atoms with Crippen molar-refractivity contribution >= 4 is 5.65 Å². The third-order valence-corrected chi connectivity index (χ3v) is 4.26. The van der Waals surface area contributed by atoms with Gasteiger partial charge in [0.2, 0.25) is 0 Å². The van der Waals surface area contributed by atoms with Gasteiger partial charge >= 0.3 is 6.18 Å². The predicted octanol–water partition coefficient (Wildman–Crippen LogP) is 4.08. The minimum atomic E-state index is -4.41. The molecule has 0 spiro atoms. The average molecular weight is 370 g/mol. The molecule has 0 unspecified atom stereocenters. The number of alkyl halides is 3. The highest BCUT2D eigenvalue weighted by molar-refractivity contribution is 5.81. The summed E-state index contributed by atoms with van der Waals surface area (Å²) in [5, 5.41) is 2.92. The van der Waals surface area contributed by atoms with E-state index < -0.39 is 11.7 Å². The Hall–Kier alpha value is -3.42. The smallest absolute Gasteiger partial charge is 0.293 e. The first-order valence-corrected chi connectivity index (χ1v) is 8.05. The van der Waals surface area contributed by atoms with Gasteiger partial charge in [0.25, 0.3) is 5.56 Å². The van der Waals surface area contributed by atoms with Crippen LogP contribution in [0.25, 0.3) is 28.0 Å². The first-order chi connectivity index (χ1) is 12.8. The summed E-state index contributed by atoms with van der Waals surface area (Å²) in [6, 6.07) is 9.68. The van der Waals surface area contributed by atoms with E-state index in [4.69, 9.17) is 0 Å². The van der Waals surface area contributed by atoms with Crippen LogP contribution in [0, 0.1) is 6.92 Å². The molecule has 0 fully saturated rings. The number of aromatic nitrogens is 4. The highest BCUT2D eigenvalue weighted by atomic mass is 19.4. The van der Waals surface area contributed by atoms with E-state index >= 15 is 0 Å². The Morgan fingerprint density at radius 2 is 1.81 bits per heavy atom. The van der Waals surface area contributed by atoms with Crippen molar-refractivity contribution in [1.29, 1.82) is 0 Å². The number of H-pyrrole nitrogens is 1. The van der Waals surface area contributed by atoms with Crippen molar-refractivity contribution < 1.29 is 13.2 Å². The van der Waals surface area contributed by atoms with Gasteiger partial charge in [0.05, 0.1) is 11.3 Å². The van der Waals surface area contributed by atoms with E-state index in [2.05, 4.69) is 15.1 Å². The molecule has 0 aliphatic heterocycles. The highest BCUT2D eigenvalue weighted by Crippen LogP contribution is 2.33. The van der Waals surface area contributed by atoms with Crippen LogP contribution < -0.4 is 5.56 Å². The molecule has 3 aromatic heterocycles. The van der Waals surface area contributed by atoms with Gasteiger partial charge in [0, 0.05) is 35.3 Å². The number of halogens is 3. The van der Waals surface area contributed by atoms with Gasteiger partial charge in [0.1, 0.15) is 0 Å². The third-order valence-electron chi connectivity index (χ3n) is 4.26. The molecule has 0 saturated heterocycles. The molecular formula is C19H13F3N4O. The second-order valence-electron chi connectivity index (χ2n) is 6.07. The number of rotatable bonds is 2. The minimum Gasteiger partial charge on any atom is -0.293 e. The van der Waals surface area contributed by atoms with Gasteiger partial charge in [-0.2, -0.15) is 13.2 Å². The van der Waals surface area contributed by atoms with Crippen molar-refractivity contribution in [2.24, 2.45) is 0 Å². The fraction of sp³-hybridized carbons (Fsp3) is 0.105. The largest absolute Gasteiger partial charge is 0.416 e. The number of nitrogens with zero attached hydrogens (tertiary/aromatic N) is 3. The maximum atomic E-state index is 12.8. The van der Waals surface area contributed by atoms with Crippen LogP contribution in [0.2, 0.25) is 0 Å². The second-order valence-corrected chi connectivity index (χ2v) is 6.07. The molecule has 0 radical (unpaired) electrons.